The minimum absolute atomic E-state index is 0.166. The average molecular weight is 339 g/mol. The predicted molar refractivity (Wildman–Crippen MR) is 106 cm³/mol. The van der Waals surface area contributed by atoms with Crippen LogP contribution in [0.15, 0.2) is 36.9 Å². The number of carbonyl (C=O) groups is 1. The first-order chi connectivity index (χ1) is 12.2. The van der Waals surface area contributed by atoms with E-state index in [1.807, 2.05) is 12.1 Å². The van der Waals surface area contributed by atoms with Gasteiger partial charge in [-0.05, 0) is 87.5 Å². The highest BCUT2D eigenvalue weighted by Crippen LogP contribution is 2.44. The van der Waals surface area contributed by atoms with Crippen LogP contribution in [0.2, 0.25) is 0 Å². The van der Waals surface area contributed by atoms with Crippen LogP contribution in [0.25, 0.3) is 0 Å². The number of hydrogen-bond donors (Lipinski definition) is 0. The zero-order chi connectivity index (χ0) is 17.6. The molecule has 0 heterocycles. The van der Waals surface area contributed by atoms with E-state index in [2.05, 4.69) is 24.8 Å². The molecule has 1 heteroatoms. The van der Waals surface area contributed by atoms with E-state index in [0.29, 0.717) is 5.92 Å². The Kier molecular flexibility index (Phi) is 6.51. The van der Waals surface area contributed by atoms with Crippen molar-refractivity contribution in [1.82, 2.24) is 0 Å². The van der Waals surface area contributed by atoms with Crippen molar-refractivity contribution >= 4 is 5.78 Å². The van der Waals surface area contributed by atoms with Gasteiger partial charge in [0.2, 0.25) is 0 Å². The van der Waals surface area contributed by atoms with Crippen molar-refractivity contribution in [1.29, 1.82) is 0 Å². The van der Waals surface area contributed by atoms with E-state index in [1.165, 1.54) is 69.8 Å². The van der Waals surface area contributed by atoms with Crippen molar-refractivity contribution in [3.05, 3.63) is 48.0 Å². The zero-order valence-electron chi connectivity index (χ0n) is 15.9. The predicted octanol–water partition coefficient (Wildman–Crippen LogP) is 6.94. The van der Waals surface area contributed by atoms with Crippen LogP contribution >= 0.6 is 0 Å². The largest absolute Gasteiger partial charge is 0.295 e. The van der Waals surface area contributed by atoms with Crippen LogP contribution in [-0.2, 0) is 0 Å². The van der Waals surface area contributed by atoms with E-state index >= 15 is 0 Å². The molecule has 0 atom stereocenters. The van der Waals surface area contributed by atoms with Crippen LogP contribution in [-0.4, -0.2) is 5.78 Å². The summed E-state index contributed by atoms with van der Waals surface area (Å²) in [4.78, 5) is 11.4. The maximum absolute atomic E-state index is 11.4. The molecular weight excluding hydrogens is 304 g/mol. The summed E-state index contributed by atoms with van der Waals surface area (Å²) in [6.45, 7) is 5.51. The molecule has 2 saturated carbocycles. The number of benzene rings is 1. The molecule has 0 amide bonds. The molecule has 0 aliphatic heterocycles. The molecule has 1 aromatic rings. The third kappa shape index (κ3) is 4.84. The van der Waals surface area contributed by atoms with E-state index in [9.17, 15) is 4.79 Å². The summed E-state index contributed by atoms with van der Waals surface area (Å²) in [6.07, 6.45) is 15.9. The molecule has 1 nitrogen and oxygen atoms in total. The highest BCUT2D eigenvalue weighted by molar-refractivity contribution is 5.94. The van der Waals surface area contributed by atoms with E-state index in [4.69, 9.17) is 0 Å². The highest BCUT2D eigenvalue weighted by atomic mass is 16.1. The Labute approximate surface area is 153 Å². The summed E-state index contributed by atoms with van der Waals surface area (Å²) >= 11 is 0. The van der Waals surface area contributed by atoms with Gasteiger partial charge in [-0.15, -0.1) is 6.58 Å². The summed E-state index contributed by atoms with van der Waals surface area (Å²) in [6, 6.07) is 8.39. The molecule has 0 N–H and O–H groups in total. The first-order valence-corrected chi connectivity index (χ1v) is 10.4. The van der Waals surface area contributed by atoms with Crippen LogP contribution in [0, 0.1) is 17.8 Å². The average Bonchev–Trinajstić information content (AvgIpc) is 2.67. The van der Waals surface area contributed by atoms with Gasteiger partial charge in [-0.1, -0.05) is 43.2 Å². The van der Waals surface area contributed by atoms with Crippen molar-refractivity contribution in [2.45, 2.75) is 77.0 Å². The van der Waals surface area contributed by atoms with E-state index in [1.54, 1.807) is 6.92 Å². The Hall–Kier alpha value is -1.37. The smallest absolute Gasteiger partial charge is 0.159 e. The van der Waals surface area contributed by atoms with Crippen molar-refractivity contribution in [3.63, 3.8) is 0 Å². The Morgan fingerprint density at radius 1 is 0.960 bits per heavy atom. The van der Waals surface area contributed by atoms with Crippen LogP contribution < -0.4 is 0 Å². The van der Waals surface area contributed by atoms with Gasteiger partial charge in [-0.2, -0.15) is 0 Å². The van der Waals surface area contributed by atoms with Crippen molar-refractivity contribution in [2.24, 2.45) is 17.8 Å². The molecule has 0 saturated heterocycles. The normalized spacial score (nSPS) is 30.0. The van der Waals surface area contributed by atoms with Gasteiger partial charge in [0.15, 0.2) is 5.78 Å². The molecule has 0 aromatic heterocycles. The van der Waals surface area contributed by atoms with E-state index < -0.39 is 0 Å². The van der Waals surface area contributed by atoms with Gasteiger partial charge in [-0.25, -0.2) is 0 Å². The Bertz CT molecular complexity index is 554. The number of rotatable bonds is 6. The Morgan fingerprint density at radius 3 is 2.04 bits per heavy atom. The second kappa shape index (κ2) is 8.83. The fourth-order valence-corrected chi connectivity index (χ4v) is 5.22. The lowest BCUT2D eigenvalue weighted by atomic mass is 9.68. The molecule has 0 bridgehead atoms. The quantitative estimate of drug-likeness (QED) is 0.406. The third-order valence-corrected chi connectivity index (χ3v) is 6.90. The second-order valence-electron chi connectivity index (χ2n) is 8.44. The minimum atomic E-state index is 0.166. The standard InChI is InChI=1S/C24H34O/c1-3-4-5-19-6-8-21(9-7-19)23-14-16-24(17-15-23)22-12-10-20(11-13-22)18(2)25/h3,10-13,19,21,23-24H,1,4-9,14-17H2,2H3. The fraction of sp³-hybridized carbons (Fsp3) is 0.625. The van der Waals surface area contributed by atoms with Gasteiger partial charge in [0.1, 0.15) is 0 Å². The van der Waals surface area contributed by atoms with Crippen molar-refractivity contribution < 1.29 is 4.79 Å². The maximum atomic E-state index is 11.4. The zero-order valence-corrected chi connectivity index (χ0v) is 15.9. The topological polar surface area (TPSA) is 17.1 Å². The van der Waals surface area contributed by atoms with Gasteiger partial charge in [-0.3, -0.25) is 4.79 Å². The van der Waals surface area contributed by atoms with Crippen molar-refractivity contribution in [2.75, 3.05) is 0 Å². The van der Waals surface area contributed by atoms with Crippen molar-refractivity contribution in [3.8, 4) is 0 Å². The second-order valence-corrected chi connectivity index (χ2v) is 8.44. The van der Waals surface area contributed by atoms with Gasteiger partial charge >= 0.3 is 0 Å². The summed E-state index contributed by atoms with van der Waals surface area (Å²) in [7, 11) is 0. The number of Topliss-reactive ketones (excluding diaryl/α,β-unsaturated/α-hetero) is 1. The van der Waals surface area contributed by atoms with Gasteiger partial charge in [0.25, 0.3) is 0 Å². The lowest BCUT2D eigenvalue weighted by molar-refractivity contribution is 0.101. The monoisotopic (exact) mass is 338 g/mol. The summed E-state index contributed by atoms with van der Waals surface area (Å²) < 4.78 is 0. The molecule has 2 aliphatic rings. The highest BCUT2D eigenvalue weighted by Gasteiger charge is 2.31. The van der Waals surface area contributed by atoms with E-state index in [0.717, 1.165) is 23.3 Å². The molecule has 2 aliphatic carbocycles. The molecule has 0 unspecified atom stereocenters. The van der Waals surface area contributed by atoms with Crippen LogP contribution in [0.1, 0.15) is 93.0 Å². The molecule has 0 radical (unpaired) electrons. The van der Waals surface area contributed by atoms with Crippen LogP contribution in [0.3, 0.4) is 0 Å². The molecule has 2 fully saturated rings. The molecule has 25 heavy (non-hydrogen) atoms. The number of hydrogen-bond acceptors (Lipinski definition) is 1. The molecule has 0 spiro atoms. The fourth-order valence-electron chi connectivity index (χ4n) is 5.22. The number of allylic oxidation sites excluding steroid dienone is 1. The van der Waals surface area contributed by atoms with Crippen LogP contribution in [0.5, 0.6) is 0 Å². The first-order valence-electron chi connectivity index (χ1n) is 10.4. The first kappa shape index (κ1) is 18.4. The third-order valence-electron chi connectivity index (χ3n) is 6.90. The Morgan fingerprint density at radius 2 is 1.52 bits per heavy atom. The lowest BCUT2D eigenvalue weighted by Gasteiger charge is -2.38. The lowest BCUT2D eigenvalue weighted by Crippen LogP contribution is -2.25. The number of carbonyl (C=O) groups excluding carboxylic acids is 1. The SMILES string of the molecule is C=CCCC1CCC(C2CCC(c3ccc(C(C)=O)cc3)CC2)CC1. The van der Waals surface area contributed by atoms with Crippen LogP contribution in [0.4, 0.5) is 0 Å². The maximum Gasteiger partial charge on any atom is 0.159 e. The van der Waals surface area contributed by atoms with Gasteiger partial charge in [0.05, 0.1) is 0 Å². The minimum Gasteiger partial charge on any atom is -0.295 e. The van der Waals surface area contributed by atoms with Gasteiger partial charge in [0, 0.05) is 5.56 Å². The molecule has 1 aromatic carbocycles. The van der Waals surface area contributed by atoms with Gasteiger partial charge < -0.3 is 0 Å². The number of ketones is 1. The molecule has 3 rings (SSSR count). The summed E-state index contributed by atoms with van der Waals surface area (Å²) in [5.41, 5.74) is 2.28. The molecular formula is C24H34O. The molecule has 136 valence electrons. The van der Waals surface area contributed by atoms with E-state index in [-0.39, 0.29) is 5.78 Å². The summed E-state index contributed by atoms with van der Waals surface area (Å²) in [5.74, 6) is 3.79. The summed E-state index contributed by atoms with van der Waals surface area (Å²) in [5, 5.41) is 0. The Balaban J connectivity index is 1.46.